The van der Waals surface area contributed by atoms with Gasteiger partial charge in [-0.1, -0.05) is 26.3 Å². The van der Waals surface area contributed by atoms with Gasteiger partial charge in [-0.05, 0) is 49.7 Å². The molecular weight excluding hydrogens is 396 g/mol. The fourth-order valence-corrected chi connectivity index (χ4v) is 4.84. The number of hydrogen-bond donors (Lipinski definition) is 0. The molecule has 162 valence electrons. The summed E-state index contributed by atoms with van der Waals surface area (Å²) in [7, 11) is 7.23. The summed E-state index contributed by atoms with van der Waals surface area (Å²) in [5.41, 5.74) is 2.08. The summed E-state index contributed by atoms with van der Waals surface area (Å²) < 4.78 is 13.5. The van der Waals surface area contributed by atoms with Crippen LogP contribution in [0.25, 0.3) is 21.2 Å². The van der Waals surface area contributed by atoms with Crippen molar-refractivity contribution in [1.82, 2.24) is 9.47 Å². The van der Waals surface area contributed by atoms with Gasteiger partial charge in [0.05, 0.1) is 19.6 Å². The van der Waals surface area contributed by atoms with Gasteiger partial charge in [-0.15, -0.1) is 11.3 Å². The number of aryl methyl sites for hydroxylation is 1. The highest BCUT2D eigenvalue weighted by atomic mass is 32.1. The molecule has 0 radical (unpaired) electrons. The first kappa shape index (κ1) is 22.4. The first-order valence-corrected chi connectivity index (χ1v) is 11.2. The van der Waals surface area contributed by atoms with Crippen molar-refractivity contribution in [3.63, 3.8) is 0 Å². The molecule has 6 heteroatoms. The van der Waals surface area contributed by atoms with E-state index >= 15 is 0 Å². The molecule has 0 aliphatic carbocycles. The molecule has 0 bridgehead atoms. The van der Waals surface area contributed by atoms with E-state index in [0.29, 0.717) is 11.5 Å². The number of pyridine rings is 1. The first-order valence-electron chi connectivity index (χ1n) is 10.4. The third kappa shape index (κ3) is 4.71. The van der Waals surface area contributed by atoms with Crippen LogP contribution in [0, 0.1) is 5.92 Å². The van der Waals surface area contributed by atoms with Gasteiger partial charge in [0.1, 0.15) is 0 Å². The molecule has 0 spiro atoms. The maximum Gasteiger partial charge on any atom is 0.259 e. The summed E-state index contributed by atoms with van der Waals surface area (Å²) in [5.74, 6) is 2.11. The molecule has 3 rings (SSSR count). The number of thiophene rings is 1. The smallest absolute Gasteiger partial charge is 0.259 e. The maximum absolute atomic E-state index is 12.8. The van der Waals surface area contributed by atoms with E-state index in [4.69, 9.17) is 9.47 Å². The minimum Gasteiger partial charge on any atom is -0.493 e. The molecular formula is C24H32N2O3S. The van der Waals surface area contributed by atoms with E-state index in [9.17, 15) is 4.79 Å². The van der Waals surface area contributed by atoms with Gasteiger partial charge in [-0.25, -0.2) is 0 Å². The molecule has 0 saturated carbocycles. The summed E-state index contributed by atoms with van der Waals surface area (Å²) in [5, 5.41) is 0.778. The summed E-state index contributed by atoms with van der Waals surface area (Å²) in [4.78, 5) is 16.4. The minimum absolute atomic E-state index is 0.0407. The molecule has 0 amide bonds. The average Bonchev–Trinajstić information content (AvgIpc) is 3.17. The van der Waals surface area contributed by atoms with Gasteiger partial charge in [-0.3, -0.25) is 4.79 Å². The zero-order valence-corrected chi connectivity index (χ0v) is 19.6. The Morgan fingerprint density at radius 2 is 1.90 bits per heavy atom. The van der Waals surface area contributed by atoms with Crippen molar-refractivity contribution in [2.45, 2.75) is 33.2 Å². The van der Waals surface area contributed by atoms with Gasteiger partial charge in [-0.2, -0.15) is 0 Å². The molecule has 0 aliphatic rings. The normalized spacial score (nSPS) is 12.5. The van der Waals surface area contributed by atoms with Crippen molar-refractivity contribution in [3.8, 4) is 22.6 Å². The lowest BCUT2D eigenvalue weighted by Crippen LogP contribution is -2.20. The molecule has 1 unspecified atom stereocenters. The Bertz CT molecular complexity index is 1070. The Morgan fingerprint density at radius 1 is 1.17 bits per heavy atom. The number of benzene rings is 1. The Morgan fingerprint density at radius 3 is 2.57 bits per heavy atom. The van der Waals surface area contributed by atoms with Crippen LogP contribution in [0.2, 0.25) is 0 Å². The first-order chi connectivity index (χ1) is 14.4. The Kier molecular flexibility index (Phi) is 7.21. The summed E-state index contributed by atoms with van der Waals surface area (Å²) in [6.07, 6.45) is 4.32. The van der Waals surface area contributed by atoms with Crippen molar-refractivity contribution >= 4 is 21.4 Å². The van der Waals surface area contributed by atoms with Gasteiger partial charge in [0.25, 0.3) is 5.56 Å². The van der Waals surface area contributed by atoms with Crippen LogP contribution in [-0.4, -0.2) is 37.3 Å². The average molecular weight is 429 g/mol. The van der Waals surface area contributed by atoms with Gasteiger partial charge in [0.2, 0.25) is 0 Å². The molecule has 2 heterocycles. The third-order valence-electron chi connectivity index (χ3n) is 5.72. The molecule has 2 aromatic heterocycles. The second kappa shape index (κ2) is 9.67. The molecule has 0 aliphatic heterocycles. The number of ether oxygens (including phenoxy) is 2. The van der Waals surface area contributed by atoms with Crippen molar-refractivity contribution in [2.24, 2.45) is 13.0 Å². The molecule has 0 N–H and O–H groups in total. The third-order valence-corrected chi connectivity index (χ3v) is 6.88. The van der Waals surface area contributed by atoms with Crippen molar-refractivity contribution < 1.29 is 9.47 Å². The number of rotatable bonds is 9. The van der Waals surface area contributed by atoms with E-state index in [0.717, 1.165) is 40.2 Å². The van der Waals surface area contributed by atoms with Crippen molar-refractivity contribution in [1.29, 1.82) is 0 Å². The monoisotopic (exact) mass is 428 g/mol. The molecule has 1 aromatic carbocycles. The minimum atomic E-state index is 0.0407. The standard InChI is InChI=1S/C24H32N2O3S/c1-7-16(2)10-11-25(3)14-18-13-19-23(30-18)20(15-26(4)24(19)27)17-8-9-21(28-5)22(12-17)29-6/h8-9,12-13,15-16H,7,10-11,14H2,1-6H3. The quantitative estimate of drug-likeness (QED) is 0.473. The second-order valence-corrected chi connectivity index (χ2v) is 9.16. The highest BCUT2D eigenvalue weighted by molar-refractivity contribution is 7.19. The predicted molar refractivity (Wildman–Crippen MR) is 126 cm³/mol. The molecule has 30 heavy (non-hydrogen) atoms. The van der Waals surface area contributed by atoms with Crippen LogP contribution in [0.3, 0.4) is 0 Å². The lowest BCUT2D eigenvalue weighted by atomic mass is 10.1. The van der Waals surface area contributed by atoms with Crippen molar-refractivity contribution in [3.05, 3.63) is 45.7 Å². The van der Waals surface area contributed by atoms with Crippen LogP contribution in [0.1, 0.15) is 31.6 Å². The maximum atomic E-state index is 12.8. The van der Waals surface area contributed by atoms with Crippen LogP contribution in [0.15, 0.2) is 35.3 Å². The van der Waals surface area contributed by atoms with Gasteiger partial charge in [0.15, 0.2) is 11.5 Å². The summed E-state index contributed by atoms with van der Waals surface area (Å²) in [6, 6.07) is 7.95. The SMILES string of the molecule is CCC(C)CCN(C)Cc1cc2c(=O)n(C)cc(-c3ccc(OC)c(OC)c3)c2s1. The van der Waals surface area contributed by atoms with E-state index in [-0.39, 0.29) is 5.56 Å². The van der Waals surface area contributed by atoms with E-state index in [1.165, 1.54) is 17.7 Å². The van der Waals surface area contributed by atoms with E-state index < -0.39 is 0 Å². The zero-order valence-electron chi connectivity index (χ0n) is 18.8. The van der Waals surface area contributed by atoms with Gasteiger partial charge >= 0.3 is 0 Å². The van der Waals surface area contributed by atoms with Crippen molar-refractivity contribution in [2.75, 3.05) is 27.8 Å². The second-order valence-electron chi connectivity index (χ2n) is 8.02. The number of nitrogens with zero attached hydrogens (tertiary/aromatic N) is 2. The lowest BCUT2D eigenvalue weighted by Gasteiger charge is -2.17. The largest absolute Gasteiger partial charge is 0.493 e. The predicted octanol–water partition coefficient (Wildman–Crippen LogP) is 5.15. The fourth-order valence-electron chi connectivity index (χ4n) is 3.58. The fraction of sp³-hybridized carbons (Fsp3) is 0.458. The van der Waals surface area contributed by atoms with Crippen LogP contribution in [0.5, 0.6) is 11.5 Å². The molecule has 0 fully saturated rings. The highest BCUT2D eigenvalue weighted by Gasteiger charge is 2.16. The summed E-state index contributed by atoms with van der Waals surface area (Å²) in [6.45, 7) is 6.45. The molecule has 5 nitrogen and oxygen atoms in total. The van der Waals surface area contributed by atoms with Crippen LogP contribution < -0.4 is 15.0 Å². The zero-order chi connectivity index (χ0) is 21.8. The Balaban J connectivity index is 1.99. The van der Waals surface area contributed by atoms with E-state index in [1.807, 2.05) is 31.4 Å². The number of aromatic nitrogens is 1. The summed E-state index contributed by atoms with van der Waals surface area (Å²) >= 11 is 1.71. The van der Waals surface area contributed by atoms with E-state index in [2.05, 4.69) is 31.9 Å². The number of hydrogen-bond acceptors (Lipinski definition) is 5. The highest BCUT2D eigenvalue weighted by Crippen LogP contribution is 2.37. The lowest BCUT2D eigenvalue weighted by molar-refractivity contribution is 0.298. The van der Waals surface area contributed by atoms with Crippen LogP contribution >= 0.6 is 11.3 Å². The topological polar surface area (TPSA) is 43.7 Å². The molecule has 0 saturated heterocycles. The molecule has 3 aromatic rings. The van der Waals surface area contributed by atoms with Crippen LogP contribution in [-0.2, 0) is 13.6 Å². The van der Waals surface area contributed by atoms with E-state index in [1.54, 1.807) is 30.1 Å². The molecule has 1 atom stereocenters. The Hall–Kier alpha value is -2.31. The number of methoxy groups -OCH3 is 2. The van der Waals surface area contributed by atoms with Gasteiger partial charge in [0, 0.05) is 34.9 Å². The van der Waals surface area contributed by atoms with Crippen LogP contribution in [0.4, 0.5) is 0 Å². The Labute approximate surface area is 182 Å². The van der Waals surface area contributed by atoms with Gasteiger partial charge < -0.3 is 18.9 Å². The number of fused-ring (bicyclic) bond motifs is 1.